The Morgan fingerprint density at radius 3 is 2.83 bits per heavy atom. The number of thiazole rings is 1. The number of rotatable bonds is 3. The molecule has 118 valence electrons. The fourth-order valence-corrected chi connectivity index (χ4v) is 3.30. The van der Waals surface area contributed by atoms with E-state index in [9.17, 15) is 9.18 Å². The minimum atomic E-state index is -0.392. The van der Waals surface area contributed by atoms with E-state index >= 15 is 0 Å². The molecular weight excluding hydrogens is 323 g/mol. The third-order valence-corrected chi connectivity index (χ3v) is 4.36. The molecule has 0 N–H and O–H groups in total. The van der Waals surface area contributed by atoms with Crippen LogP contribution >= 0.6 is 11.3 Å². The monoisotopic (exact) mass is 336 g/mol. The van der Waals surface area contributed by atoms with Crippen molar-refractivity contribution in [3.05, 3.63) is 70.8 Å². The number of hydrogen-bond acceptors (Lipinski definition) is 2. The van der Waals surface area contributed by atoms with Crippen molar-refractivity contribution in [1.82, 2.24) is 4.57 Å². The summed E-state index contributed by atoms with van der Waals surface area (Å²) in [4.78, 5) is 16.7. The first-order valence-electron chi connectivity index (χ1n) is 7.21. The standard InChI is InChI=1S/C19H13FN2OS/c1-2-12-22-16-10-9-15(20)13-17(16)24-19(22)21-18(23)11-8-14-6-4-3-5-7-14/h1,3-11,13H,12H2/b11-8+,21-19?. The zero-order chi connectivity index (χ0) is 16.9. The van der Waals surface area contributed by atoms with Gasteiger partial charge in [0.05, 0.1) is 16.8 Å². The van der Waals surface area contributed by atoms with Crippen LogP contribution in [0.2, 0.25) is 0 Å². The van der Waals surface area contributed by atoms with Gasteiger partial charge in [0.25, 0.3) is 5.91 Å². The van der Waals surface area contributed by atoms with Crippen molar-refractivity contribution in [2.75, 3.05) is 0 Å². The summed E-state index contributed by atoms with van der Waals surface area (Å²) in [6, 6.07) is 13.9. The molecule has 0 saturated heterocycles. The lowest BCUT2D eigenvalue weighted by molar-refractivity contribution is -0.113. The Morgan fingerprint density at radius 1 is 1.29 bits per heavy atom. The fraction of sp³-hybridized carbons (Fsp3) is 0.0526. The first-order valence-corrected chi connectivity index (χ1v) is 8.03. The van der Waals surface area contributed by atoms with E-state index < -0.39 is 5.91 Å². The first-order chi connectivity index (χ1) is 11.7. The summed E-state index contributed by atoms with van der Waals surface area (Å²) in [7, 11) is 0. The predicted octanol–water partition coefficient (Wildman–Crippen LogP) is 3.62. The summed E-state index contributed by atoms with van der Waals surface area (Å²) in [5.74, 6) is 1.81. The second-order valence-electron chi connectivity index (χ2n) is 4.98. The van der Waals surface area contributed by atoms with Crippen LogP contribution in [0.4, 0.5) is 4.39 Å². The van der Waals surface area contributed by atoms with Crippen molar-refractivity contribution >= 4 is 33.5 Å². The van der Waals surface area contributed by atoms with E-state index in [4.69, 9.17) is 6.42 Å². The highest BCUT2D eigenvalue weighted by Crippen LogP contribution is 2.18. The summed E-state index contributed by atoms with van der Waals surface area (Å²) in [6.45, 7) is 0.264. The van der Waals surface area contributed by atoms with E-state index in [2.05, 4.69) is 10.9 Å². The molecule has 0 saturated carbocycles. The average Bonchev–Trinajstić information content (AvgIpc) is 2.91. The number of amides is 1. The van der Waals surface area contributed by atoms with Gasteiger partial charge in [0, 0.05) is 6.08 Å². The maximum absolute atomic E-state index is 13.4. The Kier molecular flexibility index (Phi) is 4.69. The van der Waals surface area contributed by atoms with E-state index in [-0.39, 0.29) is 12.4 Å². The number of carbonyl (C=O) groups is 1. The molecule has 0 aliphatic carbocycles. The summed E-state index contributed by atoms with van der Waals surface area (Å²) < 4.78 is 15.8. The largest absolute Gasteiger partial charge is 0.305 e. The Balaban J connectivity index is 2.00. The Bertz CT molecular complexity index is 1020. The van der Waals surface area contributed by atoms with Crippen LogP contribution in [0.3, 0.4) is 0 Å². The second-order valence-corrected chi connectivity index (χ2v) is 5.99. The van der Waals surface area contributed by atoms with E-state index in [0.29, 0.717) is 9.50 Å². The van der Waals surface area contributed by atoms with E-state index in [1.165, 1.54) is 29.5 Å². The van der Waals surface area contributed by atoms with Gasteiger partial charge in [-0.2, -0.15) is 4.99 Å². The minimum Gasteiger partial charge on any atom is -0.305 e. The number of hydrogen-bond donors (Lipinski definition) is 0. The number of carbonyl (C=O) groups excluding carboxylic acids is 1. The molecule has 2 aromatic carbocycles. The number of nitrogens with zero attached hydrogens (tertiary/aromatic N) is 2. The van der Waals surface area contributed by atoms with Gasteiger partial charge in [-0.3, -0.25) is 4.79 Å². The Labute approximate surface area is 142 Å². The molecule has 3 aromatic rings. The first kappa shape index (κ1) is 15.9. The van der Waals surface area contributed by atoms with Gasteiger partial charge in [-0.15, -0.1) is 6.42 Å². The van der Waals surface area contributed by atoms with Crippen LogP contribution in [0.25, 0.3) is 16.3 Å². The Morgan fingerprint density at radius 2 is 2.08 bits per heavy atom. The molecule has 0 aliphatic heterocycles. The smallest absolute Gasteiger partial charge is 0.272 e. The molecule has 3 nitrogen and oxygen atoms in total. The molecule has 24 heavy (non-hydrogen) atoms. The third kappa shape index (κ3) is 3.50. The summed E-state index contributed by atoms with van der Waals surface area (Å²) in [5.41, 5.74) is 1.67. The van der Waals surface area contributed by atoms with Gasteiger partial charge in [0.15, 0.2) is 4.80 Å². The normalized spacial score (nSPS) is 11.9. The van der Waals surface area contributed by atoms with Crippen molar-refractivity contribution in [2.24, 2.45) is 4.99 Å². The SMILES string of the molecule is C#CCn1c(=NC(=O)/C=C/c2ccccc2)sc2cc(F)ccc21. The molecule has 0 bridgehead atoms. The molecular formula is C19H13FN2OS. The molecule has 5 heteroatoms. The van der Waals surface area contributed by atoms with Crippen molar-refractivity contribution < 1.29 is 9.18 Å². The molecule has 1 amide bonds. The lowest BCUT2D eigenvalue weighted by Crippen LogP contribution is -2.15. The topological polar surface area (TPSA) is 34.4 Å². The van der Waals surface area contributed by atoms with Crippen LogP contribution in [0, 0.1) is 18.2 Å². The van der Waals surface area contributed by atoms with E-state index in [0.717, 1.165) is 11.1 Å². The van der Waals surface area contributed by atoms with Gasteiger partial charge >= 0.3 is 0 Å². The quantitative estimate of drug-likeness (QED) is 0.531. The van der Waals surface area contributed by atoms with Gasteiger partial charge in [-0.05, 0) is 29.8 Å². The van der Waals surface area contributed by atoms with Crippen molar-refractivity contribution in [1.29, 1.82) is 0 Å². The molecule has 3 rings (SSSR count). The minimum absolute atomic E-state index is 0.264. The molecule has 1 heterocycles. The van der Waals surface area contributed by atoms with Gasteiger partial charge in [-0.25, -0.2) is 4.39 Å². The maximum Gasteiger partial charge on any atom is 0.272 e. The molecule has 0 unspecified atom stereocenters. The number of benzene rings is 2. The lowest BCUT2D eigenvalue weighted by Gasteiger charge is -1.98. The highest BCUT2D eigenvalue weighted by atomic mass is 32.1. The van der Waals surface area contributed by atoms with Gasteiger partial charge < -0.3 is 4.57 Å². The molecule has 0 fully saturated rings. The third-order valence-electron chi connectivity index (χ3n) is 3.32. The van der Waals surface area contributed by atoms with Gasteiger partial charge in [0.2, 0.25) is 0 Å². The van der Waals surface area contributed by atoms with Gasteiger partial charge in [-0.1, -0.05) is 47.6 Å². The second kappa shape index (κ2) is 7.07. The van der Waals surface area contributed by atoms with E-state index in [1.807, 2.05) is 30.3 Å². The number of terminal acetylenes is 1. The number of halogens is 1. The highest BCUT2D eigenvalue weighted by molar-refractivity contribution is 7.16. The molecule has 0 aliphatic rings. The van der Waals surface area contributed by atoms with E-state index in [1.54, 1.807) is 16.7 Å². The summed E-state index contributed by atoms with van der Waals surface area (Å²) >= 11 is 1.23. The molecule has 0 spiro atoms. The van der Waals surface area contributed by atoms with Crippen LogP contribution in [-0.2, 0) is 11.3 Å². The Hall–Kier alpha value is -2.97. The van der Waals surface area contributed by atoms with Crippen LogP contribution < -0.4 is 4.80 Å². The summed E-state index contributed by atoms with van der Waals surface area (Å²) in [5, 5.41) is 0. The fourth-order valence-electron chi connectivity index (χ4n) is 2.24. The predicted molar refractivity (Wildman–Crippen MR) is 94.7 cm³/mol. The zero-order valence-corrected chi connectivity index (χ0v) is 13.5. The molecule has 0 radical (unpaired) electrons. The van der Waals surface area contributed by atoms with Crippen LogP contribution in [0.5, 0.6) is 0 Å². The maximum atomic E-state index is 13.4. The van der Waals surface area contributed by atoms with Crippen molar-refractivity contribution in [3.8, 4) is 12.3 Å². The van der Waals surface area contributed by atoms with Crippen LogP contribution in [0.15, 0.2) is 59.6 Å². The van der Waals surface area contributed by atoms with Crippen LogP contribution in [-0.4, -0.2) is 10.5 Å². The van der Waals surface area contributed by atoms with Crippen molar-refractivity contribution in [2.45, 2.75) is 6.54 Å². The number of aromatic nitrogens is 1. The van der Waals surface area contributed by atoms with Gasteiger partial charge in [0.1, 0.15) is 5.82 Å². The average molecular weight is 336 g/mol. The lowest BCUT2D eigenvalue weighted by atomic mass is 10.2. The highest BCUT2D eigenvalue weighted by Gasteiger charge is 2.07. The van der Waals surface area contributed by atoms with Crippen molar-refractivity contribution in [3.63, 3.8) is 0 Å². The molecule has 0 atom stereocenters. The molecule has 1 aromatic heterocycles. The zero-order valence-electron chi connectivity index (χ0n) is 12.6. The van der Waals surface area contributed by atoms with Crippen LogP contribution in [0.1, 0.15) is 5.56 Å². The summed E-state index contributed by atoms with van der Waals surface area (Å²) in [6.07, 6.45) is 8.50. The number of fused-ring (bicyclic) bond motifs is 1.